The number of carbonyl (C=O) groups excluding carboxylic acids is 3. The van der Waals surface area contributed by atoms with Crippen molar-refractivity contribution < 1.29 is 33.3 Å². The molecule has 0 rings (SSSR count). The Morgan fingerprint density at radius 3 is 1.95 bits per heavy atom. The number of hydrogen-bond acceptors (Lipinski definition) is 7. The van der Waals surface area contributed by atoms with Gasteiger partial charge in [0.15, 0.2) is 6.10 Å². The van der Waals surface area contributed by atoms with Gasteiger partial charge in [-0.3, -0.25) is 4.79 Å². The topological polar surface area (TPSA) is 100 Å². The molecule has 116 valence electrons. The fourth-order valence-electron chi connectivity index (χ4n) is 1.10. The lowest BCUT2D eigenvalue weighted by Crippen LogP contribution is -2.40. The molecule has 0 bridgehead atoms. The van der Waals surface area contributed by atoms with E-state index < -0.39 is 30.4 Å². The van der Waals surface area contributed by atoms with Gasteiger partial charge < -0.3 is 24.3 Å². The molecule has 0 aliphatic heterocycles. The molecule has 0 aliphatic rings. The summed E-state index contributed by atoms with van der Waals surface area (Å²) >= 11 is 0. The van der Waals surface area contributed by atoms with Gasteiger partial charge >= 0.3 is 12.3 Å². The van der Waals surface area contributed by atoms with Crippen LogP contribution in [0.2, 0.25) is 0 Å². The lowest BCUT2D eigenvalue weighted by Gasteiger charge is -2.16. The minimum Gasteiger partial charge on any atom is -0.435 e. The highest BCUT2D eigenvalue weighted by Gasteiger charge is 2.19. The van der Waals surface area contributed by atoms with Crippen molar-refractivity contribution >= 4 is 18.2 Å². The van der Waals surface area contributed by atoms with E-state index in [9.17, 15) is 14.4 Å². The molecule has 0 radical (unpaired) electrons. The zero-order valence-corrected chi connectivity index (χ0v) is 12.1. The smallest absolute Gasteiger partial charge is 0.435 e. The molecule has 1 N–H and O–H groups in total. The van der Waals surface area contributed by atoms with E-state index in [1.807, 2.05) is 0 Å². The largest absolute Gasteiger partial charge is 0.509 e. The van der Waals surface area contributed by atoms with Crippen LogP contribution in [0.5, 0.6) is 0 Å². The molecule has 2 atom stereocenters. The Morgan fingerprint density at radius 1 is 0.950 bits per heavy atom. The van der Waals surface area contributed by atoms with Gasteiger partial charge in [0.2, 0.25) is 0 Å². The van der Waals surface area contributed by atoms with E-state index in [1.165, 1.54) is 6.92 Å². The Balaban J connectivity index is 3.96. The molecule has 0 aromatic carbocycles. The van der Waals surface area contributed by atoms with E-state index in [4.69, 9.17) is 9.47 Å². The summed E-state index contributed by atoms with van der Waals surface area (Å²) < 4.78 is 18.7. The van der Waals surface area contributed by atoms with Crippen molar-refractivity contribution in [3.05, 3.63) is 0 Å². The van der Waals surface area contributed by atoms with Gasteiger partial charge in [-0.1, -0.05) is 0 Å². The van der Waals surface area contributed by atoms with E-state index >= 15 is 0 Å². The van der Waals surface area contributed by atoms with E-state index in [-0.39, 0.29) is 19.8 Å². The molecule has 0 heterocycles. The normalized spacial score (nSPS) is 12.8. The van der Waals surface area contributed by atoms with E-state index in [2.05, 4.69) is 14.8 Å². The quantitative estimate of drug-likeness (QED) is 0.704. The number of rotatable bonds is 7. The van der Waals surface area contributed by atoms with Gasteiger partial charge in [-0.25, -0.2) is 9.59 Å². The molecule has 0 fully saturated rings. The van der Waals surface area contributed by atoms with E-state index in [0.29, 0.717) is 0 Å². The van der Waals surface area contributed by atoms with Crippen LogP contribution in [-0.4, -0.2) is 50.2 Å². The van der Waals surface area contributed by atoms with Crippen molar-refractivity contribution in [1.29, 1.82) is 0 Å². The Kier molecular flexibility index (Phi) is 8.89. The Bertz CT molecular complexity index is 332. The molecule has 0 unspecified atom stereocenters. The van der Waals surface area contributed by atoms with Crippen molar-refractivity contribution in [2.45, 2.75) is 39.9 Å². The summed E-state index contributed by atoms with van der Waals surface area (Å²) in [6, 6.07) is 0. The number of nitrogens with one attached hydrogen (secondary N) is 1. The Labute approximate surface area is 117 Å². The summed E-state index contributed by atoms with van der Waals surface area (Å²) in [5.41, 5.74) is 0. The van der Waals surface area contributed by atoms with Crippen LogP contribution in [0.3, 0.4) is 0 Å². The highest BCUT2D eigenvalue weighted by molar-refractivity contribution is 5.82. The summed E-state index contributed by atoms with van der Waals surface area (Å²) in [6.07, 6.45) is -3.27. The van der Waals surface area contributed by atoms with Crippen molar-refractivity contribution in [1.82, 2.24) is 5.32 Å². The van der Waals surface area contributed by atoms with Gasteiger partial charge in [0.05, 0.1) is 19.8 Å². The van der Waals surface area contributed by atoms with Gasteiger partial charge in [0.25, 0.3) is 5.91 Å². The predicted molar refractivity (Wildman–Crippen MR) is 68.1 cm³/mol. The average molecular weight is 291 g/mol. The summed E-state index contributed by atoms with van der Waals surface area (Å²) in [5.74, 6) is -0.516. The van der Waals surface area contributed by atoms with Gasteiger partial charge in [-0.05, 0) is 27.7 Å². The van der Waals surface area contributed by atoms with Crippen molar-refractivity contribution in [3.8, 4) is 0 Å². The van der Waals surface area contributed by atoms with Gasteiger partial charge in [-0.15, -0.1) is 0 Å². The highest BCUT2D eigenvalue weighted by Crippen LogP contribution is 1.97. The minimum absolute atomic E-state index is 0.0776. The minimum atomic E-state index is -0.996. The van der Waals surface area contributed by atoms with Crippen LogP contribution in [-0.2, 0) is 23.7 Å². The van der Waals surface area contributed by atoms with E-state index in [1.54, 1.807) is 20.8 Å². The fraction of sp³-hybridized carbons (Fsp3) is 0.750. The summed E-state index contributed by atoms with van der Waals surface area (Å²) in [6.45, 7) is 6.73. The first-order chi connectivity index (χ1) is 9.40. The summed E-state index contributed by atoms with van der Waals surface area (Å²) in [4.78, 5) is 33.6. The fourth-order valence-corrected chi connectivity index (χ4v) is 1.10. The van der Waals surface area contributed by atoms with Crippen LogP contribution in [0.25, 0.3) is 0 Å². The third-order valence-electron chi connectivity index (χ3n) is 2.03. The highest BCUT2D eigenvalue weighted by atomic mass is 16.7. The van der Waals surface area contributed by atoms with Crippen molar-refractivity contribution in [2.75, 3.05) is 19.8 Å². The molecule has 20 heavy (non-hydrogen) atoms. The summed E-state index contributed by atoms with van der Waals surface area (Å²) in [7, 11) is 0. The number of hydrogen-bond donors (Lipinski definition) is 1. The van der Waals surface area contributed by atoms with Gasteiger partial charge in [0, 0.05) is 0 Å². The first-order valence-corrected chi connectivity index (χ1v) is 6.35. The molecule has 0 aromatic heterocycles. The Morgan fingerprint density at radius 2 is 1.45 bits per heavy atom. The zero-order valence-electron chi connectivity index (χ0n) is 12.1. The SMILES string of the molecule is CCOC(=O)O[C@@H](C)C(=O)NC[C@H](C)OC(=O)OCC. The molecule has 0 saturated carbocycles. The van der Waals surface area contributed by atoms with Gasteiger partial charge in [0.1, 0.15) is 6.10 Å². The predicted octanol–water partition coefficient (Wildman–Crippen LogP) is 1.23. The second-order valence-electron chi connectivity index (χ2n) is 3.80. The number of carbonyl (C=O) groups is 3. The van der Waals surface area contributed by atoms with Gasteiger partial charge in [-0.2, -0.15) is 0 Å². The molecule has 8 nitrogen and oxygen atoms in total. The first-order valence-electron chi connectivity index (χ1n) is 6.35. The lowest BCUT2D eigenvalue weighted by molar-refractivity contribution is -0.130. The monoisotopic (exact) mass is 291 g/mol. The first kappa shape index (κ1) is 18.0. The summed E-state index contributed by atoms with van der Waals surface area (Å²) in [5, 5.41) is 2.47. The second kappa shape index (κ2) is 9.88. The number of amides is 1. The second-order valence-corrected chi connectivity index (χ2v) is 3.80. The van der Waals surface area contributed by atoms with Crippen molar-refractivity contribution in [2.24, 2.45) is 0 Å². The molecule has 0 aromatic rings. The maximum absolute atomic E-state index is 11.6. The lowest BCUT2D eigenvalue weighted by atomic mass is 10.3. The molecule has 0 aliphatic carbocycles. The average Bonchev–Trinajstić information content (AvgIpc) is 2.36. The zero-order chi connectivity index (χ0) is 15.5. The molecule has 0 saturated heterocycles. The molecule has 1 amide bonds. The van der Waals surface area contributed by atoms with E-state index in [0.717, 1.165) is 0 Å². The maximum atomic E-state index is 11.6. The third kappa shape index (κ3) is 8.17. The van der Waals surface area contributed by atoms with Crippen LogP contribution < -0.4 is 5.32 Å². The molecule has 8 heteroatoms. The molecular weight excluding hydrogens is 270 g/mol. The van der Waals surface area contributed by atoms with Crippen molar-refractivity contribution in [3.63, 3.8) is 0 Å². The van der Waals surface area contributed by atoms with Crippen LogP contribution in [0, 0.1) is 0 Å². The van der Waals surface area contributed by atoms with Crippen LogP contribution >= 0.6 is 0 Å². The maximum Gasteiger partial charge on any atom is 0.509 e. The molecule has 0 spiro atoms. The van der Waals surface area contributed by atoms with Crippen LogP contribution in [0.1, 0.15) is 27.7 Å². The number of ether oxygens (including phenoxy) is 4. The van der Waals surface area contributed by atoms with Crippen LogP contribution in [0.4, 0.5) is 9.59 Å². The molecular formula is C12H21NO7. The van der Waals surface area contributed by atoms with Crippen LogP contribution in [0.15, 0.2) is 0 Å². The third-order valence-corrected chi connectivity index (χ3v) is 2.03. The Hall–Kier alpha value is -1.99. The standard InChI is InChI=1S/C12H21NO7/c1-5-17-11(15)19-8(3)7-13-10(14)9(4)20-12(16)18-6-2/h8-9H,5-7H2,1-4H3,(H,13,14)/t8-,9-/m0/s1.